The van der Waals surface area contributed by atoms with Crippen LogP contribution in [0.1, 0.15) is 25.8 Å². The number of aryl methyl sites for hydroxylation is 1. The first-order chi connectivity index (χ1) is 13.6. The molecule has 2 heterocycles. The molecule has 0 unspecified atom stereocenters. The van der Waals surface area contributed by atoms with Crippen molar-refractivity contribution in [1.82, 2.24) is 25.1 Å². The molecule has 146 valence electrons. The van der Waals surface area contributed by atoms with Gasteiger partial charge in [-0.2, -0.15) is 0 Å². The molecule has 0 aliphatic heterocycles. The van der Waals surface area contributed by atoms with Gasteiger partial charge in [-0.1, -0.05) is 43.8 Å². The third-order valence-electron chi connectivity index (χ3n) is 4.30. The number of benzene rings is 1. The summed E-state index contributed by atoms with van der Waals surface area (Å²) in [5, 5.41) is 12.4. The van der Waals surface area contributed by atoms with E-state index in [0.29, 0.717) is 23.4 Å². The Hall–Kier alpha value is -2.67. The molecule has 7 heteroatoms. The first kappa shape index (κ1) is 20.1. The van der Waals surface area contributed by atoms with Gasteiger partial charge in [0, 0.05) is 24.5 Å². The second-order valence-electron chi connectivity index (χ2n) is 6.99. The Kier molecular flexibility index (Phi) is 6.81. The van der Waals surface area contributed by atoms with E-state index in [9.17, 15) is 4.79 Å². The molecular weight excluding hydrogens is 370 g/mol. The number of carbonyl (C=O) groups is 1. The highest BCUT2D eigenvalue weighted by Gasteiger charge is 2.18. The maximum absolute atomic E-state index is 12.2. The predicted octanol–water partition coefficient (Wildman–Crippen LogP) is 3.89. The highest BCUT2D eigenvalue weighted by Crippen LogP contribution is 2.29. The van der Waals surface area contributed by atoms with Crippen molar-refractivity contribution in [2.24, 2.45) is 5.92 Å². The molecule has 0 bridgehead atoms. The Morgan fingerprint density at radius 1 is 1.14 bits per heavy atom. The van der Waals surface area contributed by atoms with Gasteiger partial charge in [0.1, 0.15) is 0 Å². The van der Waals surface area contributed by atoms with Gasteiger partial charge in [-0.3, -0.25) is 14.3 Å². The van der Waals surface area contributed by atoms with E-state index >= 15 is 0 Å². The predicted molar refractivity (Wildman–Crippen MR) is 113 cm³/mol. The summed E-state index contributed by atoms with van der Waals surface area (Å²) >= 11 is 1.39. The number of para-hydroxylation sites is 1. The third-order valence-corrected chi connectivity index (χ3v) is 5.23. The Balaban J connectivity index is 1.85. The molecule has 1 N–H and O–H groups in total. The van der Waals surface area contributed by atoms with E-state index in [1.807, 2.05) is 34.9 Å². The molecular formula is C21H25N5OS. The van der Waals surface area contributed by atoms with E-state index in [0.717, 1.165) is 29.1 Å². The number of rotatable bonds is 8. The summed E-state index contributed by atoms with van der Waals surface area (Å²) in [4.78, 5) is 16.3. The summed E-state index contributed by atoms with van der Waals surface area (Å²) in [6.07, 6.45) is 4.45. The lowest BCUT2D eigenvalue weighted by Crippen LogP contribution is -2.27. The molecule has 0 aliphatic carbocycles. The van der Waals surface area contributed by atoms with Gasteiger partial charge in [0.25, 0.3) is 0 Å². The number of thioether (sulfide) groups is 1. The number of carbonyl (C=O) groups excluding carboxylic acids is 1. The summed E-state index contributed by atoms with van der Waals surface area (Å²) in [7, 11) is 0. The van der Waals surface area contributed by atoms with Crippen molar-refractivity contribution in [3.05, 3.63) is 54.4 Å². The highest BCUT2D eigenvalue weighted by atomic mass is 32.2. The lowest BCUT2D eigenvalue weighted by atomic mass is 10.1. The summed E-state index contributed by atoms with van der Waals surface area (Å²) in [5.41, 5.74) is 3.04. The molecule has 1 aromatic carbocycles. The zero-order valence-electron chi connectivity index (χ0n) is 16.4. The van der Waals surface area contributed by atoms with Crippen LogP contribution in [0, 0.1) is 12.8 Å². The molecule has 0 aliphatic rings. The fraction of sp³-hybridized carbons (Fsp3) is 0.333. The standard InChI is InChI=1S/C21H25N5OS/c1-15(2)8-13-23-19(27)14-28-21-25-24-20(17-9-11-22-12-10-17)26(21)18-7-5-4-6-16(18)3/h4-7,9-12,15H,8,13-14H2,1-3H3,(H,23,27). The lowest BCUT2D eigenvalue weighted by Gasteiger charge is -2.13. The van der Waals surface area contributed by atoms with E-state index in [1.165, 1.54) is 11.8 Å². The smallest absolute Gasteiger partial charge is 0.230 e. The zero-order valence-corrected chi connectivity index (χ0v) is 17.2. The average molecular weight is 396 g/mol. The van der Waals surface area contributed by atoms with Crippen molar-refractivity contribution in [2.45, 2.75) is 32.3 Å². The van der Waals surface area contributed by atoms with Gasteiger partial charge in [-0.05, 0) is 43.0 Å². The van der Waals surface area contributed by atoms with Crippen LogP contribution >= 0.6 is 11.8 Å². The topological polar surface area (TPSA) is 72.7 Å². The van der Waals surface area contributed by atoms with Crippen LogP contribution in [0.2, 0.25) is 0 Å². The quantitative estimate of drug-likeness (QED) is 0.586. The second-order valence-corrected chi connectivity index (χ2v) is 7.93. The van der Waals surface area contributed by atoms with E-state index in [-0.39, 0.29) is 5.91 Å². The molecule has 28 heavy (non-hydrogen) atoms. The monoisotopic (exact) mass is 395 g/mol. The van der Waals surface area contributed by atoms with Gasteiger partial charge in [-0.25, -0.2) is 0 Å². The maximum Gasteiger partial charge on any atom is 0.230 e. The number of nitrogens with zero attached hydrogens (tertiary/aromatic N) is 4. The van der Waals surface area contributed by atoms with Crippen molar-refractivity contribution >= 4 is 17.7 Å². The van der Waals surface area contributed by atoms with Crippen molar-refractivity contribution in [3.8, 4) is 17.1 Å². The number of hydrogen-bond acceptors (Lipinski definition) is 5. The van der Waals surface area contributed by atoms with Crippen LogP contribution in [-0.4, -0.2) is 38.0 Å². The van der Waals surface area contributed by atoms with Gasteiger partial charge in [0.15, 0.2) is 11.0 Å². The molecule has 0 radical (unpaired) electrons. The first-order valence-electron chi connectivity index (χ1n) is 9.37. The molecule has 2 aromatic heterocycles. The summed E-state index contributed by atoms with van der Waals surface area (Å²) in [6.45, 7) is 7.04. The van der Waals surface area contributed by atoms with Crippen molar-refractivity contribution in [2.75, 3.05) is 12.3 Å². The molecule has 0 fully saturated rings. The molecule has 3 aromatic rings. The van der Waals surface area contributed by atoms with E-state index in [1.54, 1.807) is 12.4 Å². The largest absolute Gasteiger partial charge is 0.355 e. The minimum atomic E-state index is 0.00967. The Bertz CT molecular complexity index is 924. The summed E-state index contributed by atoms with van der Waals surface area (Å²) < 4.78 is 2.01. The molecule has 6 nitrogen and oxygen atoms in total. The van der Waals surface area contributed by atoms with Crippen molar-refractivity contribution < 1.29 is 4.79 Å². The Morgan fingerprint density at radius 3 is 2.61 bits per heavy atom. The van der Waals surface area contributed by atoms with Crippen LogP contribution in [0.15, 0.2) is 53.9 Å². The van der Waals surface area contributed by atoms with Crippen molar-refractivity contribution in [1.29, 1.82) is 0 Å². The summed E-state index contributed by atoms with van der Waals surface area (Å²) in [6, 6.07) is 11.9. The Labute approximate surface area is 169 Å². The minimum absolute atomic E-state index is 0.00967. The molecule has 3 rings (SSSR count). The number of amides is 1. The number of hydrogen-bond donors (Lipinski definition) is 1. The first-order valence-corrected chi connectivity index (χ1v) is 10.4. The van der Waals surface area contributed by atoms with Crippen LogP contribution in [-0.2, 0) is 4.79 Å². The van der Waals surface area contributed by atoms with Crippen molar-refractivity contribution in [3.63, 3.8) is 0 Å². The fourth-order valence-electron chi connectivity index (χ4n) is 2.76. The molecule has 0 saturated carbocycles. The number of pyridine rings is 1. The van der Waals surface area contributed by atoms with Gasteiger partial charge >= 0.3 is 0 Å². The second kappa shape index (κ2) is 9.50. The third kappa shape index (κ3) is 4.98. The van der Waals surface area contributed by atoms with Crippen LogP contribution in [0.4, 0.5) is 0 Å². The van der Waals surface area contributed by atoms with Gasteiger partial charge in [-0.15, -0.1) is 10.2 Å². The highest BCUT2D eigenvalue weighted by molar-refractivity contribution is 7.99. The van der Waals surface area contributed by atoms with Crippen LogP contribution in [0.5, 0.6) is 0 Å². The molecule has 0 spiro atoms. The lowest BCUT2D eigenvalue weighted by molar-refractivity contribution is -0.118. The van der Waals surface area contributed by atoms with Crippen LogP contribution < -0.4 is 5.32 Å². The van der Waals surface area contributed by atoms with E-state index in [2.05, 4.69) is 47.3 Å². The van der Waals surface area contributed by atoms with Crippen LogP contribution in [0.25, 0.3) is 17.1 Å². The molecule has 0 atom stereocenters. The van der Waals surface area contributed by atoms with Gasteiger partial charge in [0.2, 0.25) is 5.91 Å². The Morgan fingerprint density at radius 2 is 1.89 bits per heavy atom. The van der Waals surface area contributed by atoms with E-state index in [4.69, 9.17) is 0 Å². The fourth-order valence-corrected chi connectivity index (χ4v) is 3.54. The van der Waals surface area contributed by atoms with Gasteiger partial charge < -0.3 is 5.32 Å². The summed E-state index contributed by atoms with van der Waals surface area (Å²) in [5.74, 6) is 1.62. The van der Waals surface area contributed by atoms with Crippen LogP contribution in [0.3, 0.4) is 0 Å². The number of nitrogens with one attached hydrogen (secondary N) is 1. The normalized spacial score (nSPS) is 11.0. The van der Waals surface area contributed by atoms with Gasteiger partial charge in [0.05, 0.1) is 11.4 Å². The maximum atomic E-state index is 12.2. The van der Waals surface area contributed by atoms with E-state index < -0.39 is 0 Å². The number of aromatic nitrogens is 4. The SMILES string of the molecule is Cc1ccccc1-n1c(SCC(=O)NCCC(C)C)nnc1-c1ccncc1. The minimum Gasteiger partial charge on any atom is -0.355 e. The molecule has 0 saturated heterocycles. The zero-order chi connectivity index (χ0) is 19.9. The molecule has 1 amide bonds. The average Bonchev–Trinajstić information content (AvgIpc) is 3.11.